The summed E-state index contributed by atoms with van der Waals surface area (Å²) in [6, 6.07) is 4.60. The van der Waals surface area contributed by atoms with Gasteiger partial charge in [0, 0.05) is 18.4 Å². The van der Waals surface area contributed by atoms with Crippen molar-refractivity contribution in [3.8, 4) is 0 Å². The summed E-state index contributed by atoms with van der Waals surface area (Å²) >= 11 is 0. The van der Waals surface area contributed by atoms with Crippen molar-refractivity contribution in [3.05, 3.63) is 53.1 Å². The maximum absolute atomic E-state index is 13.9. The van der Waals surface area contributed by atoms with Crippen LogP contribution in [0.15, 0.2) is 30.5 Å². The molecule has 0 spiro atoms. The van der Waals surface area contributed by atoms with Crippen molar-refractivity contribution in [2.75, 3.05) is 19.0 Å². The predicted octanol–water partition coefficient (Wildman–Crippen LogP) is 5.23. The maximum Gasteiger partial charge on any atom is 0.435 e. The van der Waals surface area contributed by atoms with Crippen molar-refractivity contribution in [2.24, 2.45) is 0 Å². The molecule has 11 heteroatoms. The van der Waals surface area contributed by atoms with E-state index in [1.54, 1.807) is 20.8 Å². The van der Waals surface area contributed by atoms with Crippen LogP contribution in [0.2, 0.25) is 0 Å². The Morgan fingerprint density at radius 3 is 2.42 bits per heavy atom. The van der Waals surface area contributed by atoms with E-state index < -0.39 is 41.0 Å². The van der Waals surface area contributed by atoms with E-state index in [1.165, 1.54) is 6.07 Å². The second-order valence-electron chi connectivity index (χ2n) is 8.03. The van der Waals surface area contributed by atoms with Crippen molar-refractivity contribution in [1.29, 1.82) is 0 Å². The molecule has 2 aromatic rings. The fourth-order valence-corrected chi connectivity index (χ4v) is 2.89. The molecule has 33 heavy (non-hydrogen) atoms. The Morgan fingerprint density at radius 2 is 1.82 bits per heavy atom. The molecule has 0 bridgehead atoms. The topological polar surface area (TPSA) is 89.5 Å². The van der Waals surface area contributed by atoms with E-state index in [0.29, 0.717) is 12.0 Å². The molecule has 0 aliphatic carbocycles. The monoisotopic (exact) mass is 471 g/mol. The minimum Gasteiger partial charge on any atom is -0.465 e. The van der Waals surface area contributed by atoms with Crippen LogP contribution in [0.3, 0.4) is 0 Å². The van der Waals surface area contributed by atoms with Crippen molar-refractivity contribution >= 4 is 23.4 Å². The van der Waals surface area contributed by atoms with E-state index in [9.17, 15) is 27.2 Å². The van der Waals surface area contributed by atoms with Crippen LogP contribution in [0.5, 0.6) is 0 Å². The number of nitrogens with one attached hydrogen (secondary N) is 2. The van der Waals surface area contributed by atoms with E-state index in [2.05, 4.69) is 20.4 Å². The number of aryl methyl sites for hydroxylation is 1. The quantitative estimate of drug-likeness (QED) is 0.327. The highest BCUT2D eigenvalue weighted by Gasteiger charge is 2.37. The number of carbonyl (C=O) groups excluding carboxylic acids is 2. The van der Waals surface area contributed by atoms with Gasteiger partial charge in [0.2, 0.25) is 0 Å². The third-order valence-corrected chi connectivity index (χ3v) is 4.24. The number of pyridine rings is 1. The van der Waals surface area contributed by atoms with Crippen LogP contribution in [-0.4, -0.2) is 36.3 Å². The van der Waals surface area contributed by atoms with Crippen LogP contribution >= 0.6 is 0 Å². The molecular formula is C22H25F4N3O4. The van der Waals surface area contributed by atoms with Gasteiger partial charge in [0.15, 0.2) is 5.69 Å². The SMILES string of the molecule is COC(=O)c1ccnc(C(F)(F)F)c1Nc1ccc(F)cc1CCCNC(=O)OC(C)(C)C. The summed E-state index contributed by atoms with van der Waals surface area (Å²) in [7, 11) is 1.04. The van der Waals surface area contributed by atoms with Crippen molar-refractivity contribution in [2.45, 2.75) is 45.4 Å². The average molecular weight is 471 g/mol. The van der Waals surface area contributed by atoms with E-state index in [-0.39, 0.29) is 24.2 Å². The number of alkyl carbamates (subject to hydrolysis) is 1. The fourth-order valence-electron chi connectivity index (χ4n) is 2.89. The van der Waals surface area contributed by atoms with E-state index in [4.69, 9.17) is 4.74 Å². The number of carbonyl (C=O) groups is 2. The number of esters is 1. The molecule has 2 rings (SSSR count). The number of amides is 1. The van der Waals surface area contributed by atoms with Gasteiger partial charge in [-0.15, -0.1) is 0 Å². The molecule has 1 aromatic carbocycles. The van der Waals surface area contributed by atoms with Gasteiger partial charge in [0.05, 0.1) is 18.4 Å². The summed E-state index contributed by atoms with van der Waals surface area (Å²) in [4.78, 5) is 27.1. The number of rotatable bonds is 7. The van der Waals surface area contributed by atoms with Gasteiger partial charge in [-0.3, -0.25) is 0 Å². The maximum atomic E-state index is 13.9. The molecule has 1 amide bonds. The van der Waals surface area contributed by atoms with Crippen molar-refractivity contribution in [1.82, 2.24) is 10.3 Å². The number of ether oxygens (including phenoxy) is 2. The van der Waals surface area contributed by atoms with Crippen molar-refractivity contribution < 1.29 is 36.6 Å². The number of nitrogens with zero attached hydrogens (tertiary/aromatic N) is 1. The highest BCUT2D eigenvalue weighted by molar-refractivity contribution is 5.97. The third-order valence-electron chi connectivity index (χ3n) is 4.24. The Labute approximate surface area is 188 Å². The molecule has 7 nitrogen and oxygen atoms in total. The van der Waals surface area contributed by atoms with Crippen molar-refractivity contribution in [3.63, 3.8) is 0 Å². The predicted molar refractivity (Wildman–Crippen MR) is 113 cm³/mol. The van der Waals surface area contributed by atoms with Gasteiger partial charge in [-0.1, -0.05) is 0 Å². The molecule has 0 aliphatic heterocycles. The molecule has 180 valence electrons. The first-order chi connectivity index (χ1) is 15.3. The lowest BCUT2D eigenvalue weighted by atomic mass is 10.1. The Balaban J connectivity index is 2.26. The average Bonchev–Trinajstić information content (AvgIpc) is 2.70. The first-order valence-electron chi connectivity index (χ1n) is 9.98. The first-order valence-corrected chi connectivity index (χ1v) is 9.98. The second-order valence-corrected chi connectivity index (χ2v) is 8.03. The minimum absolute atomic E-state index is 0.150. The van der Waals surface area contributed by atoms with Crippen LogP contribution in [0, 0.1) is 5.82 Å². The number of aromatic nitrogens is 1. The van der Waals surface area contributed by atoms with E-state index in [0.717, 1.165) is 31.5 Å². The van der Waals surface area contributed by atoms with E-state index in [1.807, 2.05) is 0 Å². The zero-order chi connectivity index (χ0) is 24.8. The summed E-state index contributed by atoms with van der Waals surface area (Å²) < 4.78 is 64.2. The van der Waals surface area contributed by atoms with E-state index >= 15 is 0 Å². The first kappa shape index (κ1) is 25.9. The Bertz CT molecular complexity index is 1000. The third kappa shape index (κ3) is 7.62. The Morgan fingerprint density at radius 1 is 1.12 bits per heavy atom. The molecule has 2 N–H and O–H groups in total. The van der Waals surface area contributed by atoms with Gasteiger partial charge in [-0.05, 0) is 63.4 Å². The number of anilines is 2. The van der Waals surface area contributed by atoms with Gasteiger partial charge >= 0.3 is 18.2 Å². The van der Waals surface area contributed by atoms with Crippen LogP contribution in [0.25, 0.3) is 0 Å². The normalized spacial score (nSPS) is 11.6. The Kier molecular flexibility index (Phi) is 8.23. The molecule has 0 saturated heterocycles. The lowest BCUT2D eigenvalue weighted by molar-refractivity contribution is -0.140. The smallest absolute Gasteiger partial charge is 0.435 e. The molecular weight excluding hydrogens is 446 g/mol. The number of hydrogen-bond donors (Lipinski definition) is 2. The summed E-state index contributed by atoms with van der Waals surface area (Å²) in [6.45, 7) is 5.34. The molecule has 0 fully saturated rings. The minimum atomic E-state index is -4.86. The number of benzene rings is 1. The van der Waals surface area contributed by atoms with Crippen LogP contribution in [0.1, 0.15) is 48.8 Å². The number of halogens is 4. The lowest BCUT2D eigenvalue weighted by Gasteiger charge is -2.20. The summed E-state index contributed by atoms with van der Waals surface area (Å²) in [6.07, 6.45) is -4.06. The second kappa shape index (κ2) is 10.5. The van der Waals surface area contributed by atoms with Gasteiger partial charge in [-0.2, -0.15) is 13.2 Å². The Hall–Kier alpha value is -3.37. The van der Waals surface area contributed by atoms with Crippen LogP contribution in [0.4, 0.5) is 33.7 Å². The van der Waals surface area contributed by atoms with Crippen LogP contribution < -0.4 is 10.6 Å². The molecule has 1 heterocycles. The number of methoxy groups -OCH3 is 1. The van der Waals surface area contributed by atoms with Gasteiger partial charge in [0.25, 0.3) is 0 Å². The highest BCUT2D eigenvalue weighted by atomic mass is 19.4. The molecule has 0 atom stereocenters. The fraction of sp³-hybridized carbons (Fsp3) is 0.409. The zero-order valence-electron chi connectivity index (χ0n) is 18.6. The number of hydrogen-bond acceptors (Lipinski definition) is 6. The number of alkyl halides is 3. The molecule has 0 unspecified atom stereocenters. The largest absolute Gasteiger partial charge is 0.465 e. The van der Waals surface area contributed by atoms with Gasteiger partial charge < -0.3 is 20.1 Å². The standard InChI is InChI=1S/C22H25F4N3O4/c1-21(2,3)33-20(31)28-10-5-6-13-12-14(23)7-8-16(13)29-17-15(19(30)32-4)9-11-27-18(17)22(24,25)26/h7-9,11-12,29H,5-6,10H2,1-4H3,(H,28,31). The molecule has 0 saturated carbocycles. The summed E-state index contributed by atoms with van der Waals surface area (Å²) in [5, 5.41) is 5.14. The molecule has 1 aromatic heterocycles. The van der Waals surface area contributed by atoms with Crippen LogP contribution in [-0.2, 0) is 22.1 Å². The lowest BCUT2D eigenvalue weighted by Crippen LogP contribution is -2.33. The zero-order valence-corrected chi connectivity index (χ0v) is 18.6. The van der Waals surface area contributed by atoms with Gasteiger partial charge in [-0.25, -0.2) is 19.0 Å². The highest BCUT2D eigenvalue weighted by Crippen LogP contribution is 2.37. The van der Waals surface area contributed by atoms with Gasteiger partial charge in [0.1, 0.15) is 11.4 Å². The summed E-state index contributed by atoms with van der Waals surface area (Å²) in [5.41, 5.74) is -2.46. The summed E-state index contributed by atoms with van der Waals surface area (Å²) in [5.74, 6) is -1.58. The molecule has 0 radical (unpaired) electrons. The molecule has 0 aliphatic rings.